The minimum Gasteiger partial charge on any atom is -0.495 e. The molecular weight excluding hydrogens is 276 g/mol. The molecule has 0 atom stereocenters. The van der Waals surface area contributed by atoms with E-state index in [0.29, 0.717) is 18.8 Å². The molecule has 0 amide bonds. The van der Waals surface area contributed by atoms with Crippen molar-refractivity contribution < 1.29 is 13.2 Å². The molecule has 0 aliphatic carbocycles. The fraction of sp³-hybridized carbons (Fsp3) is 0.571. The van der Waals surface area contributed by atoms with Gasteiger partial charge in [-0.15, -0.1) is 0 Å². The molecule has 114 valence electrons. The number of hydrogen-bond acceptors (Lipinski definition) is 4. The van der Waals surface area contributed by atoms with Crippen molar-refractivity contribution in [2.75, 3.05) is 20.7 Å². The van der Waals surface area contributed by atoms with Crippen LogP contribution in [0.5, 0.6) is 5.75 Å². The topological polar surface area (TPSA) is 58.6 Å². The van der Waals surface area contributed by atoms with Gasteiger partial charge in [0.05, 0.1) is 7.11 Å². The lowest BCUT2D eigenvalue weighted by molar-refractivity contribution is 0.361. The van der Waals surface area contributed by atoms with Crippen molar-refractivity contribution in [3.8, 4) is 5.75 Å². The Labute approximate surface area is 122 Å². The van der Waals surface area contributed by atoms with Crippen LogP contribution >= 0.6 is 0 Å². The minimum atomic E-state index is -3.54. The Kier molecular flexibility index (Phi) is 5.98. The minimum absolute atomic E-state index is 0.0910. The van der Waals surface area contributed by atoms with Gasteiger partial charge in [0.15, 0.2) is 0 Å². The van der Waals surface area contributed by atoms with Crippen molar-refractivity contribution >= 4 is 10.0 Å². The maximum atomic E-state index is 12.7. The molecule has 0 aromatic heterocycles. The monoisotopic (exact) mass is 300 g/mol. The largest absolute Gasteiger partial charge is 0.495 e. The summed E-state index contributed by atoms with van der Waals surface area (Å²) in [5, 5.41) is 3.03. The first-order chi connectivity index (χ1) is 9.38. The molecule has 0 saturated carbocycles. The summed E-state index contributed by atoms with van der Waals surface area (Å²) in [5.41, 5.74) is 0.982. The van der Waals surface area contributed by atoms with E-state index in [0.717, 1.165) is 5.56 Å². The molecule has 1 aromatic carbocycles. The second kappa shape index (κ2) is 7.06. The van der Waals surface area contributed by atoms with Crippen molar-refractivity contribution in [2.24, 2.45) is 0 Å². The van der Waals surface area contributed by atoms with Gasteiger partial charge in [-0.1, -0.05) is 13.0 Å². The second-order valence-corrected chi connectivity index (χ2v) is 6.68. The van der Waals surface area contributed by atoms with Crippen molar-refractivity contribution in [3.63, 3.8) is 0 Å². The number of nitrogens with one attached hydrogen (secondary N) is 1. The number of rotatable bonds is 7. The molecule has 6 heteroatoms. The smallest absolute Gasteiger partial charge is 0.246 e. The number of nitrogens with zero attached hydrogens (tertiary/aromatic N) is 1. The third-order valence-corrected chi connectivity index (χ3v) is 5.27. The van der Waals surface area contributed by atoms with Gasteiger partial charge >= 0.3 is 0 Å². The van der Waals surface area contributed by atoms with Gasteiger partial charge in [0.2, 0.25) is 10.0 Å². The number of ether oxygens (including phenoxy) is 1. The second-order valence-electron chi connectivity index (χ2n) is 4.82. The van der Waals surface area contributed by atoms with E-state index in [-0.39, 0.29) is 10.9 Å². The summed E-state index contributed by atoms with van der Waals surface area (Å²) in [5.74, 6) is 0.386. The lowest BCUT2D eigenvalue weighted by Crippen LogP contribution is -2.36. The summed E-state index contributed by atoms with van der Waals surface area (Å²) in [6.07, 6.45) is 0. The Morgan fingerprint density at radius 1 is 1.35 bits per heavy atom. The van der Waals surface area contributed by atoms with Gasteiger partial charge in [0.1, 0.15) is 10.6 Å². The molecule has 5 nitrogen and oxygen atoms in total. The average molecular weight is 300 g/mol. The van der Waals surface area contributed by atoms with E-state index in [1.54, 1.807) is 18.2 Å². The van der Waals surface area contributed by atoms with Crippen LogP contribution < -0.4 is 10.1 Å². The van der Waals surface area contributed by atoms with E-state index in [2.05, 4.69) is 5.32 Å². The first-order valence-corrected chi connectivity index (χ1v) is 8.15. The maximum Gasteiger partial charge on any atom is 0.246 e. The normalized spacial score (nSPS) is 12.2. The third-order valence-electron chi connectivity index (χ3n) is 3.08. The highest BCUT2D eigenvalue weighted by molar-refractivity contribution is 7.89. The van der Waals surface area contributed by atoms with Gasteiger partial charge in [-0.05, 0) is 38.6 Å². The molecule has 1 rings (SSSR count). The Morgan fingerprint density at radius 3 is 2.45 bits per heavy atom. The molecule has 0 aliphatic rings. The van der Waals surface area contributed by atoms with E-state index >= 15 is 0 Å². The van der Waals surface area contributed by atoms with E-state index < -0.39 is 10.0 Å². The highest BCUT2D eigenvalue weighted by Crippen LogP contribution is 2.28. The lowest BCUT2D eigenvalue weighted by atomic mass is 10.2. The van der Waals surface area contributed by atoms with Crippen LogP contribution in [0, 0.1) is 0 Å². The molecule has 0 bridgehead atoms. The molecule has 0 saturated heterocycles. The SMILES string of the molecule is CCN(C(C)C)S(=O)(=O)c1ccc(CNC)cc1OC. The van der Waals surface area contributed by atoms with Crippen LogP contribution in [0.25, 0.3) is 0 Å². The average Bonchev–Trinajstić information content (AvgIpc) is 2.38. The molecule has 1 aromatic rings. The van der Waals surface area contributed by atoms with Gasteiger partial charge < -0.3 is 10.1 Å². The fourth-order valence-corrected chi connectivity index (χ4v) is 3.96. The van der Waals surface area contributed by atoms with Crippen molar-refractivity contribution in [2.45, 2.75) is 38.3 Å². The standard InChI is InChI=1S/C14H24N2O3S/c1-6-16(11(2)3)20(17,18)14-8-7-12(10-15-4)9-13(14)19-5/h7-9,11,15H,6,10H2,1-5H3. The summed E-state index contributed by atoms with van der Waals surface area (Å²) >= 11 is 0. The summed E-state index contributed by atoms with van der Waals surface area (Å²) in [7, 11) is -0.206. The van der Waals surface area contributed by atoms with E-state index in [4.69, 9.17) is 4.74 Å². The molecule has 0 radical (unpaired) electrons. The van der Waals surface area contributed by atoms with E-state index in [9.17, 15) is 8.42 Å². The van der Waals surface area contributed by atoms with Crippen molar-refractivity contribution in [1.82, 2.24) is 9.62 Å². The summed E-state index contributed by atoms with van der Waals surface area (Å²) in [4.78, 5) is 0.218. The van der Waals surface area contributed by atoms with Crippen molar-refractivity contribution in [3.05, 3.63) is 23.8 Å². The molecule has 0 aliphatic heterocycles. The first kappa shape index (κ1) is 16.9. The first-order valence-electron chi connectivity index (χ1n) is 6.71. The Bertz CT molecular complexity index is 541. The van der Waals surface area contributed by atoms with Gasteiger partial charge in [-0.3, -0.25) is 0 Å². The molecule has 0 spiro atoms. The zero-order chi connectivity index (χ0) is 15.3. The lowest BCUT2D eigenvalue weighted by Gasteiger charge is -2.25. The van der Waals surface area contributed by atoms with Crippen molar-refractivity contribution in [1.29, 1.82) is 0 Å². The number of benzene rings is 1. The number of sulfonamides is 1. The third kappa shape index (κ3) is 3.50. The number of methoxy groups -OCH3 is 1. The van der Waals surface area contributed by atoms with Crippen LogP contribution in [-0.2, 0) is 16.6 Å². The Hall–Kier alpha value is -1.11. The number of hydrogen-bond donors (Lipinski definition) is 1. The van der Waals surface area contributed by atoms with Crippen LogP contribution in [0.3, 0.4) is 0 Å². The summed E-state index contributed by atoms with van der Waals surface area (Å²) < 4.78 is 32.1. The predicted octanol–water partition coefficient (Wildman–Crippen LogP) is 1.83. The molecule has 1 N–H and O–H groups in total. The highest BCUT2D eigenvalue weighted by atomic mass is 32.2. The van der Waals surface area contributed by atoms with Crippen LogP contribution in [0.1, 0.15) is 26.3 Å². The van der Waals surface area contributed by atoms with Crippen LogP contribution in [0.2, 0.25) is 0 Å². The van der Waals surface area contributed by atoms with Gasteiger partial charge in [-0.2, -0.15) is 4.31 Å². The highest BCUT2D eigenvalue weighted by Gasteiger charge is 2.28. The van der Waals surface area contributed by atoms with Gasteiger partial charge in [0, 0.05) is 19.1 Å². The van der Waals surface area contributed by atoms with Gasteiger partial charge in [-0.25, -0.2) is 8.42 Å². The molecule has 20 heavy (non-hydrogen) atoms. The van der Waals surface area contributed by atoms with E-state index in [1.807, 2.05) is 27.8 Å². The molecule has 0 unspecified atom stereocenters. The predicted molar refractivity (Wildman–Crippen MR) is 80.5 cm³/mol. The van der Waals surface area contributed by atoms with Crippen LogP contribution in [0.4, 0.5) is 0 Å². The zero-order valence-corrected chi connectivity index (χ0v) is 13.6. The molecule has 0 heterocycles. The van der Waals surface area contributed by atoms with Crippen LogP contribution in [-0.4, -0.2) is 39.5 Å². The van der Waals surface area contributed by atoms with Gasteiger partial charge in [0.25, 0.3) is 0 Å². The summed E-state index contributed by atoms with van der Waals surface area (Å²) in [6.45, 7) is 6.66. The Balaban J connectivity index is 3.30. The fourth-order valence-electron chi connectivity index (χ4n) is 2.18. The molecular formula is C14H24N2O3S. The Morgan fingerprint density at radius 2 is 2.00 bits per heavy atom. The molecule has 0 fully saturated rings. The van der Waals surface area contributed by atoms with E-state index in [1.165, 1.54) is 11.4 Å². The van der Waals surface area contributed by atoms with Crippen LogP contribution in [0.15, 0.2) is 23.1 Å². The zero-order valence-electron chi connectivity index (χ0n) is 12.8. The quantitative estimate of drug-likeness (QED) is 0.834. The maximum absolute atomic E-state index is 12.7. The summed E-state index contributed by atoms with van der Waals surface area (Å²) in [6, 6.07) is 5.09.